The molecule has 1 N–H and O–H groups in total. The minimum Gasteiger partial charge on any atom is -0.331 e. The summed E-state index contributed by atoms with van der Waals surface area (Å²) in [6.45, 7) is 6.22. The molecule has 0 aliphatic heterocycles. The number of nitriles is 1. The standard InChI is InChI=1S/C25H23N3O3S/c1-3-15-28(18-21-11-9-20(17-26)10-12-21)25(29)22-5-4-6-24(16-22)32(30,31)27-23-13-7-19(2)8-14-23/h3-14,16,27H,1,15,18H2,2H3. The van der Waals surface area contributed by atoms with E-state index in [1.54, 1.807) is 59.5 Å². The van der Waals surface area contributed by atoms with Crippen LogP contribution in [0.1, 0.15) is 27.0 Å². The van der Waals surface area contributed by atoms with Gasteiger partial charge >= 0.3 is 0 Å². The highest BCUT2D eigenvalue weighted by molar-refractivity contribution is 7.92. The molecular formula is C25H23N3O3S. The molecule has 0 fully saturated rings. The topological polar surface area (TPSA) is 90.3 Å². The Morgan fingerprint density at radius 3 is 2.41 bits per heavy atom. The van der Waals surface area contributed by atoms with Gasteiger partial charge in [0.1, 0.15) is 0 Å². The summed E-state index contributed by atoms with van der Waals surface area (Å²) >= 11 is 0. The quantitative estimate of drug-likeness (QED) is 0.517. The summed E-state index contributed by atoms with van der Waals surface area (Å²) in [5, 5.41) is 8.95. The molecule has 6 nitrogen and oxygen atoms in total. The summed E-state index contributed by atoms with van der Waals surface area (Å²) in [4.78, 5) is 14.7. The molecule has 3 aromatic rings. The molecule has 0 heterocycles. The largest absolute Gasteiger partial charge is 0.331 e. The number of rotatable bonds is 8. The van der Waals surface area contributed by atoms with Crippen LogP contribution in [-0.4, -0.2) is 25.8 Å². The first-order valence-electron chi connectivity index (χ1n) is 9.91. The van der Waals surface area contributed by atoms with Gasteiger partial charge in [-0.15, -0.1) is 6.58 Å². The van der Waals surface area contributed by atoms with Crippen molar-refractivity contribution in [3.63, 3.8) is 0 Å². The van der Waals surface area contributed by atoms with Crippen LogP contribution in [0.2, 0.25) is 0 Å². The van der Waals surface area contributed by atoms with Gasteiger partial charge in [0.2, 0.25) is 0 Å². The molecule has 0 bridgehead atoms. The SMILES string of the molecule is C=CCN(Cc1ccc(C#N)cc1)C(=O)c1cccc(S(=O)(=O)Nc2ccc(C)cc2)c1. The Morgan fingerprint density at radius 2 is 1.78 bits per heavy atom. The second kappa shape index (κ2) is 9.94. The fraction of sp³-hybridized carbons (Fsp3) is 0.120. The van der Waals surface area contributed by atoms with Crippen molar-refractivity contribution in [3.8, 4) is 6.07 Å². The minimum atomic E-state index is -3.86. The number of benzene rings is 3. The lowest BCUT2D eigenvalue weighted by Gasteiger charge is -2.22. The molecule has 0 unspecified atom stereocenters. The number of amides is 1. The van der Waals surface area contributed by atoms with Crippen molar-refractivity contribution in [2.75, 3.05) is 11.3 Å². The molecule has 0 aliphatic rings. The van der Waals surface area contributed by atoms with E-state index in [0.29, 0.717) is 17.8 Å². The first-order valence-corrected chi connectivity index (χ1v) is 11.4. The molecule has 0 aromatic heterocycles. The van der Waals surface area contributed by atoms with Gasteiger partial charge in [0.25, 0.3) is 15.9 Å². The van der Waals surface area contributed by atoms with Crippen molar-refractivity contribution in [2.24, 2.45) is 0 Å². The van der Waals surface area contributed by atoms with Crippen LogP contribution in [0.3, 0.4) is 0 Å². The van der Waals surface area contributed by atoms with Gasteiger partial charge < -0.3 is 4.90 Å². The average Bonchev–Trinajstić information content (AvgIpc) is 2.80. The van der Waals surface area contributed by atoms with E-state index in [2.05, 4.69) is 17.4 Å². The summed E-state index contributed by atoms with van der Waals surface area (Å²) in [5.74, 6) is -0.318. The van der Waals surface area contributed by atoms with Crippen LogP contribution in [-0.2, 0) is 16.6 Å². The van der Waals surface area contributed by atoms with Gasteiger partial charge in [0.05, 0.1) is 16.5 Å². The number of sulfonamides is 1. The third-order valence-corrected chi connectivity index (χ3v) is 6.17. The van der Waals surface area contributed by atoms with E-state index in [1.807, 2.05) is 19.1 Å². The number of carbonyl (C=O) groups is 1. The molecule has 0 radical (unpaired) electrons. The van der Waals surface area contributed by atoms with Crippen molar-refractivity contribution in [1.29, 1.82) is 5.26 Å². The molecule has 32 heavy (non-hydrogen) atoms. The Labute approximate surface area is 188 Å². The molecule has 3 aromatic carbocycles. The van der Waals surface area contributed by atoms with E-state index in [4.69, 9.17) is 5.26 Å². The molecule has 7 heteroatoms. The maximum Gasteiger partial charge on any atom is 0.261 e. The second-order valence-electron chi connectivity index (χ2n) is 7.28. The number of hydrogen-bond donors (Lipinski definition) is 1. The van der Waals surface area contributed by atoms with Crippen LogP contribution >= 0.6 is 0 Å². The van der Waals surface area contributed by atoms with E-state index in [1.165, 1.54) is 12.1 Å². The van der Waals surface area contributed by atoms with Crippen LogP contribution in [0.25, 0.3) is 0 Å². The Bertz CT molecular complexity index is 1260. The minimum absolute atomic E-state index is 0.000788. The maximum atomic E-state index is 13.1. The van der Waals surface area contributed by atoms with Crippen LogP contribution in [0.4, 0.5) is 5.69 Å². The molecule has 0 atom stereocenters. The Balaban J connectivity index is 1.83. The second-order valence-corrected chi connectivity index (χ2v) is 8.96. The lowest BCUT2D eigenvalue weighted by Crippen LogP contribution is -2.31. The van der Waals surface area contributed by atoms with Crippen LogP contribution < -0.4 is 4.72 Å². The van der Waals surface area contributed by atoms with E-state index in [0.717, 1.165) is 11.1 Å². The highest BCUT2D eigenvalue weighted by Gasteiger charge is 2.20. The Kier molecular flexibility index (Phi) is 7.08. The summed E-state index contributed by atoms with van der Waals surface area (Å²) in [5.41, 5.74) is 3.11. The highest BCUT2D eigenvalue weighted by atomic mass is 32.2. The number of hydrogen-bond acceptors (Lipinski definition) is 4. The Hall–Kier alpha value is -3.89. The first-order chi connectivity index (χ1) is 15.3. The van der Waals surface area contributed by atoms with Crippen molar-refractivity contribution < 1.29 is 13.2 Å². The summed E-state index contributed by atoms with van der Waals surface area (Å²) in [6, 6.07) is 22.0. The molecular weight excluding hydrogens is 422 g/mol. The smallest absolute Gasteiger partial charge is 0.261 e. The number of nitrogens with zero attached hydrogens (tertiary/aromatic N) is 2. The van der Waals surface area contributed by atoms with E-state index in [9.17, 15) is 13.2 Å². The van der Waals surface area contributed by atoms with Crippen LogP contribution in [0, 0.1) is 18.3 Å². The fourth-order valence-corrected chi connectivity index (χ4v) is 4.20. The lowest BCUT2D eigenvalue weighted by atomic mass is 10.1. The van der Waals surface area contributed by atoms with Gasteiger partial charge in [0.15, 0.2) is 0 Å². The molecule has 0 saturated carbocycles. The predicted molar refractivity (Wildman–Crippen MR) is 125 cm³/mol. The summed E-state index contributed by atoms with van der Waals surface area (Å²) in [6.07, 6.45) is 1.61. The number of nitrogens with one attached hydrogen (secondary N) is 1. The van der Waals surface area contributed by atoms with Gasteiger partial charge in [-0.05, 0) is 55.0 Å². The molecule has 3 rings (SSSR count). The van der Waals surface area contributed by atoms with Crippen LogP contribution in [0.5, 0.6) is 0 Å². The van der Waals surface area contributed by atoms with Crippen molar-refractivity contribution >= 4 is 21.6 Å². The van der Waals surface area contributed by atoms with E-state index in [-0.39, 0.29) is 22.9 Å². The number of anilines is 1. The van der Waals surface area contributed by atoms with E-state index < -0.39 is 10.0 Å². The van der Waals surface area contributed by atoms with Gasteiger partial charge in [-0.1, -0.05) is 42.0 Å². The summed E-state index contributed by atoms with van der Waals surface area (Å²) in [7, 11) is -3.86. The van der Waals surface area contributed by atoms with Crippen LogP contribution in [0.15, 0.2) is 90.3 Å². The Morgan fingerprint density at radius 1 is 1.09 bits per heavy atom. The summed E-state index contributed by atoms with van der Waals surface area (Å²) < 4.78 is 28.2. The van der Waals surface area contributed by atoms with Gasteiger partial charge in [-0.2, -0.15) is 5.26 Å². The zero-order chi connectivity index (χ0) is 23.1. The predicted octanol–water partition coefficient (Wildman–Crippen LogP) is 4.50. The zero-order valence-corrected chi connectivity index (χ0v) is 18.5. The van der Waals surface area contributed by atoms with Gasteiger partial charge in [0, 0.05) is 24.3 Å². The van der Waals surface area contributed by atoms with Gasteiger partial charge in [-0.3, -0.25) is 9.52 Å². The lowest BCUT2D eigenvalue weighted by molar-refractivity contribution is 0.0762. The third-order valence-electron chi connectivity index (χ3n) is 4.79. The third kappa shape index (κ3) is 5.62. The molecule has 0 spiro atoms. The molecule has 162 valence electrons. The van der Waals surface area contributed by atoms with Crippen molar-refractivity contribution in [2.45, 2.75) is 18.4 Å². The number of aryl methyl sites for hydroxylation is 1. The number of carbonyl (C=O) groups excluding carboxylic acids is 1. The highest BCUT2D eigenvalue weighted by Crippen LogP contribution is 2.19. The average molecular weight is 446 g/mol. The van der Waals surface area contributed by atoms with Gasteiger partial charge in [-0.25, -0.2) is 8.42 Å². The van der Waals surface area contributed by atoms with Crippen molar-refractivity contribution in [1.82, 2.24) is 4.90 Å². The normalized spacial score (nSPS) is 10.8. The van der Waals surface area contributed by atoms with E-state index >= 15 is 0 Å². The maximum absolute atomic E-state index is 13.1. The van der Waals surface area contributed by atoms with Crippen molar-refractivity contribution in [3.05, 3.63) is 108 Å². The first kappa shape index (κ1) is 22.8. The monoisotopic (exact) mass is 445 g/mol. The molecule has 0 saturated heterocycles. The molecule has 1 amide bonds. The molecule has 0 aliphatic carbocycles. The zero-order valence-electron chi connectivity index (χ0n) is 17.7. The fourth-order valence-electron chi connectivity index (χ4n) is 3.09.